The van der Waals surface area contributed by atoms with Crippen molar-refractivity contribution in [1.82, 2.24) is 14.6 Å². The number of methoxy groups -OCH3 is 1. The summed E-state index contributed by atoms with van der Waals surface area (Å²) in [6.07, 6.45) is 4.33. The summed E-state index contributed by atoms with van der Waals surface area (Å²) in [5.74, 6) is 0.329. The second-order valence-corrected chi connectivity index (χ2v) is 13.1. The number of ether oxygens (including phenoxy) is 4. The maximum absolute atomic E-state index is 14.3. The molecule has 3 aliphatic heterocycles. The lowest BCUT2D eigenvalue weighted by atomic mass is 9.92. The highest BCUT2D eigenvalue weighted by molar-refractivity contribution is 5.81. The first-order valence-corrected chi connectivity index (χ1v) is 15.7. The number of rotatable bonds is 3. The molecular weight excluding hydrogens is 587 g/mol. The van der Waals surface area contributed by atoms with Gasteiger partial charge in [-0.25, -0.2) is 14.2 Å². The lowest BCUT2D eigenvalue weighted by molar-refractivity contribution is -0.164. The summed E-state index contributed by atoms with van der Waals surface area (Å²) in [7, 11) is 1.37. The van der Waals surface area contributed by atoms with Gasteiger partial charge in [0.15, 0.2) is 11.8 Å². The number of piperidine rings is 1. The summed E-state index contributed by atoms with van der Waals surface area (Å²) in [6, 6.07) is 14.4. The van der Waals surface area contributed by atoms with Crippen LogP contribution in [0, 0.1) is 12.7 Å². The fraction of sp³-hybridized carbons (Fsp3) is 0.417. The largest absolute Gasteiger partial charge is 0.489 e. The lowest BCUT2D eigenvalue weighted by Crippen LogP contribution is -2.45. The van der Waals surface area contributed by atoms with Crippen LogP contribution in [0.3, 0.4) is 0 Å². The molecule has 242 valence electrons. The van der Waals surface area contributed by atoms with Crippen molar-refractivity contribution in [3.8, 4) is 28.1 Å². The van der Waals surface area contributed by atoms with Crippen molar-refractivity contribution < 1.29 is 28.1 Å². The minimum atomic E-state index is -1.01. The van der Waals surface area contributed by atoms with Crippen LogP contribution in [0.2, 0.25) is 0 Å². The Morgan fingerprint density at radius 1 is 1.04 bits per heavy atom. The summed E-state index contributed by atoms with van der Waals surface area (Å²) in [6.45, 7) is 11.8. The maximum Gasteiger partial charge on any atom is 0.339 e. The number of esters is 1. The zero-order valence-electron chi connectivity index (χ0n) is 27.3. The van der Waals surface area contributed by atoms with Gasteiger partial charge in [-0.05, 0) is 77.3 Å². The highest BCUT2D eigenvalue weighted by Gasteiger charge is 2.38. The standard InChI is InChI=1S/C36H41FN4O5/c1-23-31(32(34(42)43-6)46-35(2,3)4)33-40-16-14-36(5,15-17-40)45-19-8-7-18-44-29-21-26(37)12-13-27(29)24-10-9-11-25(20-24)28-22-30(38-23)41(33)39-28/h7-13,20-22,32H,14-19H2,1-6H3/b8-7-/t32-/m0/s1. The molecule has 9 nitrogen and oxygen atoms in total. The molecule has 2 aromatic carbocycles. The van der Waals surface area contributed by atoms with Gasteiger partial charge in [0.1, 0.15) is 24.0 Å². The predicted molar refractivity (Wildman–Crippen MR) is 175 cm³/mol. The SMILES string of the molecule is COC(=O)[C@@H](OC(C)(C)C)c1c(C)nc2cc3nn2c1N1CCC(C)(CC1)OC/C=C\COc1cc(F)ccc1-c1cccc-3c1. The number of anilines is 1. The maximum atomic E-state index is 14.3. The molecule has 0 unspecified atom stereocenters. The Labute approximate surface area is 268 Å². The van der Waals surface area contributed by atoms with Gasteiger partial charge >= 0.3 is 5.97 Å². The van der Waals surface area contributed by atoms with Crippen LogP contribution in [-0.2, 0) is 19.0 Å². The van der Waals surface area contributed by atoms with Crippen molar-refractivity contribution in [3.63, 3.8) is 0 Å². The van der Waals surface area contributed by atoms with E-state index >= 15 is 0 Å². The van der Waals surface area contributed by atoms with E-state index < -0.39 is 17.7 Å². The summed E-state index contributed by atoms with van der Waals surface area (Å²) >= 11 is 0. The normalized spacial score (nSPS) is 17.8. The first-order valence-electron chi connectivity index (χ1n) is 15.7. The van der Waals surface area contributed by atoms with Gasteiger partial charge in [0.2, 0.25) is 0 Å². The van der Waals surface area contributed by atoms with Crippen molar-refractivity contribution in [3.05, 3.63) is 77.8 Å². The number of carbonyl (C=O) groups is 1. The molecule has 6 bridgehead atoms. The number of nitrogens with zero attached hydrogens (tertiary/aromatic N) is 4. The van der Waals surface area contributed by atoms with Crippen LogP contribution in [0.5, 0.6) is 5.75 Å². The van der Waals surface area contributed by atoms with E-state index in [9.17, 15) is 9.18 Å². The van der Waals surface area contributed by atoms with Gasteiger partial charge in [0, 0.05) is 42.0 Å². The van der Waals surface area contributed by atoms with Gasteiger partial charge in [-0.1, -0.05) is 24.3 Å². The quantitative estimate of drug-likeness (QED) is 0.180. The highest BCUT2D eigenvalue weighted by atomic mass is 19.1. The van der Waals surface area contributed by atoms with Gasteiger partial charge in [0.05, 0.1) is 36.2 Å². The topological polar surface area (TPSA) is 87.4 Å². The van der Waals surface area contributed by atoms with E-state index in [-0.39, 0.29) is 18.0 Å². The van der Waals surface area contributed by atoms with Crippen LogP contribution < -0.4 is 9.64 Å². The van der Waals surface area contributed by atoms with Crippen LogP contribution in [0.25, 0.3) is 28.0 Å². The number of fused-ring (bicyclic) bond motifs is 6. The third kappa shape index (κ3) is 6.50. The number of halogens is 1. The molecule has 0 amide bonds. The fourth-order valence-electron chi connectivity index (χ4n) is 6.11. The van der Waals surface area contributed by atoms with Gasteiger partial charge in [-0.2, -0.15) is 9.61 Å². The second-order valence-electron chi connectivity index (χ2n) is 13.1. The van der Waals surface area contributed by atoms with Gasteiger partial charge in [-0.15, -0.1) is 0 Å². The molecule has 4 aromatic rings. The molecule has 0 N–H and O–H groups in total. The Morgan fingerprint density at radius 2 is 1.78 bits per heavy atom. The van der Waals surface area contributed by atoms with Crippen molar-refractivity contribution in [1.29, 1.82) is 0 Å². The van der Waals surface area contributed by atoms with Crippen molar-refractivity contribution in [2.75, 3.05) is 38.3 Å². The Morgan fingerprint density at radius 3 is 2.52 bits per heavy atom. The molecule has 2 aromatic heterocycles. The zero-order chi connectivity index (χ0) is 32.6. The molecule has 10 heteroatoms. The smallest absolute Gasteiger partial charge is 0.339 e. The molecule has 1 atom stereocenters. The Kier molecular flexibility index (Phi) is 8.60. The fourth-order valence-corrected chi connectivity index (χ4v) is 6.11. The molecule has 46 heavy (non-hydrogen) atoms. The van der Waals surface area contributed by atoms with E-state index in [1.807, 2.05) is 74.7 Å². The molecule has 0 saturated carbocycles. The van der Waals surface area contributed by atoms with Crippen molar-refractivity contribution in [2.45, 2.75) is 64.8 Å². The van der Waals surface area contributed by atoms with E-state index in [0.717, 1.165) is 35.3 Å². The van der Waals surface area contributed by atoms with Crippen LogP contribution in [0.4, 0.5) is 10.2 Å². The van der Waals surface area contributed by atoms with Gasteiger partial charge in [0.25, 0.3) is 0 Å². The molecule has 0 aliphatic carbocycles. The number of hydrogen-bond donors (Lipinski definition) is 0. The molecular formula is C36H41FN4O5. The Balaban J connectivity index is 1.56. The molecule has 0 spiro atoms. The molecule has 0 radical (unpaired) electrons. The molecule has 1 fully saturated rings. The van der Waals surface area contributed by atoms with Crippen molar-refractivity contribution >= 4 is 17.4 Å². The minimum absolute atomic E-state index is 0.282. The van der Waals surface area contributed by atoms with Gasteiger partial charge in [-0.3, -0.25) is 0 Å². The van der Waals surface area contributed by atoms with E-state index in [2.05, 4.69) is 11.8 Å². The average Bonchev–Trinajstić information content (AvgIpc) is 3.44. The zero-order valence-corrected chi connectivity index (χ0v) is 27.3. The number of carbonyl (C=O) groups excluding carboxylic acids is 1. The third-order valence-corrected chi connectivity index (χ3v) is 8.52. The predicted octanol–water partition coefficient (Wildman–Crippen LogP) is 6.86. The lowest BCUT2D eigenvalue weighted by Gasteiger charge is -2.41. The van der Waals surface area contributed by atoms with Crippen LogP contribution in [0.15, 0.2) is 60.7 Å². The summed E-state index contributed by atoms with van der Waals surface area (Å²) < 4.78 is 40.2. The third-order valence-electron chi connectivity index (χ3n) is 8.52. The average molecular weight is 629 g/mol. The number of hydrogen-bond acceptors (Lipinski definition) is 8. The Hall–Kier alpha value is -4.28. The van der Waals surface area contributed by atoms with Crippen molar-refractivity contribution in [2.24, 2.45) is 0 Å². The number of aryl methyl sites for hydroxylation is 1. The van der Waals surface area contributed by atoms with E-state index in [4.69, 9.17) is 29.0 Å². The molecule has 1 saturated heterocycles. The molecule has 5 heterocycles. The summed E-state index contributed by atoms with van der Waals surface area (Å²) in [5, 5.41) is 5.09. The summed E-state index contributed by atoms with van der Waals surface area (Å²) in [4.78, 5) is 20.5. The molecule has 3 aliphatic rings. The van der Waals surface area contributed by atoms with Crippen LogP contribution >= 0.6 is 0 Å². The minimum Gasteiger partial charge on any atom is -0.489 e. The molecule has 7 rings (SSSR count). The number of benzene rings is 2. The van der Waals surface area contributed by atoms with Gasteiger partial charge < -0.3 is 23.8 Å². The first kappa shape index (κ1) is 31.7. The van der Waals surface area contributed by atoms with E-state index in [1.165, 1.54) is 19.2 Å². The van der Waals surface area contributed by atoms with Crippen LogP contribution in [-0.4, -0.2) is 65.2 Å². The highest BCUT2D eigenvalue weighted by Crippen LogP contribution is 2.39. The second kappa shape index (κ2) is 12.5. The monoisotopic (exact) mass is 628 g/mol. The number of aromatic nitrogens is 3. The Bertz CT molecular complexity index is 1790. The van der Waals surface area contributed by atoms with E-state index in [0.29, 0.717) is 48.0 Å². The summed E-state index contributed by atoms with van der Waals surface area (Å²) in [5.41, 5.74) is 4.14. The van der Waals surface area contributed by atoms with Crippen LogP contribution in [0.1, 0.15) is 57.9 Å². The first-order chi connectivity index (χ1) is 21.9. The van der Waals surface area contributed by atoms with E-state index in [1.54, 1.807) is 6.07 Å².